The SMILES string of the molecule is Cc1noc2nc(-c3ccccc3C(F)(F)F)cc(C(=O)Nc3cc(-n4nnnc4C)ccc3F)c12. The normalized spacial score (nSPS) is 11.7. The van der Waals surface area contributed by atoms with Crippen LogP contribution in [0.2, 0.25) is 0 Å². The second-order valence-corrected chi connectivity index (χ2v) is 7.80. The van der Waals surface area contributed by atoms with Crippen molar-refractivity contribution in [1.29, 1.82) is 0 Å². The summed E-state index contributed by atoms with van der Waals surface area (Å²) in [7, 11) is 0. The molecule has 5 rings (SSSR count). The van der Waals surface area contributed by atoms with Gasteiger partial charge in [-0.3, -0.25) is 4.79 Å². The smallest absolute Gasteiger partial charge is 0.335 e. The highest BCUT2D eigenvalue weighted by Gasteiger charge is 2.34. The predicted octanol–water partition coefficient (Wildman–Crippen LogP) is 4.89. The molecule has 0 aliphatic heterocycles. The second kappa shape index (κ2) is 8.52. The topological polar surface area (TPSA) is 112 Å². The quantitative estimate of drug-likeness (QED) is 0.352. The zero-order chi connectivity index (χ0) is 25.6. The van der Waals surface area contributed by atoms with Gasteiger partial charge in [0.1, 0.15) is 5.82 Å². The molecule has 0 atom stereocenters. The summed E-state index contributed by atoms with van der Waals surface area (Å²) in [5.41, 5.74) is -1.09. The van der Waals surface area contributed by atoms with Crippen LogP contribution < -0.4 is 5.32 Å². The molecule has 13 heteroatoms. The lowest BCUT2D eigenvalue weighted by molar-refractivity contribution is -0.137. The van der Waals surface area contributed by atoms with Crippen LogP contribution in [0.1, 0.15) is 27.4 Å². The molecule has 0 unspecified atom stereocenters. The number of tetrazole rings is 1. The second-order valence-electron chi connectivity index (χ2n) is 7.80. The first-order valence-electron chi connectivity index (χ1n) is 10.4. The highest BCUT2D eigenvalue weighted by Crippen LogP contribution is 2.37. The van der Waals surface area contributed by atoms with Crippen LogP contribution in [-0.2, 0) is 6.18 Å². The van der Waals surface area contributed by atoms with Gasteiger partial charge >= 0.3 is 6.18 Å². The fourth-order valence-electron chi connectivity index (χ4n) is 3.77. The van der Waals surface area contributed by atoms with Crippen molar-refractivity contribution in [3.63, 3.8) is 0 Å². The Bertz CT molecular complexity index is 1620. The van der Waals surface area contributed by atoms with E-state index in [0.717, 1.165) is 12.1 Å². The van der Waals surface area contributed by atoms with Crippen molar-refractivity contribution in [1.82, 2.24) is 30.3 Å². The van der Waals surface area contributed by atoms with E-state index in [1.165, 1.54) is 41.1 Å². The Morgan fingerprint density at radius 2 is 1.86 bits per heavy atom. The minimum absolute atomic E-state index is 0.0888. The van der Waals surface area contributed by atoms with Crippen LogP contribution in [0.5, 0.6) is 0 Å². The molecule has 0 aliphatic carbocycles. The number of alkyl halides is 3. The molecule has 3 heterocycles. The molecule has 0 saturated heterocycles. The molecule has 1 N–H and O–H groups in total. The number of hydrogen-bond donors (Lipinski definition) is 1. The number of nitrogens with zero attached hydrogens (tertiary/aromatic N) is 6. The lowest BCUT2D eigenvalue weighted by atomic mass is 10.0. The first-order valence-corrected chi connectivity index (χ1v) is 10.4. The number of carbonyl (C=O) groups excluding carboxylic acids is 1. The van der Waals surface area contributed by atoms with Crippen LogP contribution in [0, 0.1) is 19.7 Å². The van der Waals surface area contributed by atoms with E-state index in [1.54, 1.807) is 13.8 Å². The molecular formula is C23H15F4N7O2. The maximum absolute atomic E-state index is 14.6. The molecule has 3 aromatic heterocycles. The van der Waals surface area contributed by atoms with E-state index in [4.69, 9.17) is 4.52 Å². The van der Waals surface area contributed by atoms with Crippen molar-refractivity contribution in [2.75, 3.05) is 5.32 Å². The van der Waals surface area contributed by atoms with Crippen molar-refractivity contribution in [3.8, 4) is 16.9 Å². The van der Waals surface area contributed by atoms with Crippen LogP contribution in [0.25, 0.3) is 28.0 Å². The molecule has 0 fully saturated rings. The molecule has 0 radical (unpaired) electrons. The first-order chi connectivity index (χ1) is 17.1. The summed E-state index contributed by atoms with van der Waals surface area (Å²) in [5, 5.41) is 17.6. The van der Waals surface area contributed by atoms with E-state index in [2.05, 4.69) is 31.0 Å². The monoisotopic (exact) mass is 497 g/mol. The summed E-state index contributed by atoms with van der Waals surface area (Å²) in [4.78, 5) is 17.5. The summed E-state index contributed by atoms with van der Waals surface area (Å²) in [5.74, 6) is -1.11. The van der Waals surface area contributed by atoms with Gasteiger partial charge in [0.2, 0.25) is 0 Å². The fourth-order valence-corrected chi connectivity index (χ4v) is 3.77. The van der Waals surface area contributed by atoms with E-state index in [-0.39, 0.29) is 39.3 Å². The Morgan fingerprint density at radius 1 is 1.08 bits per heavy atom. The minimum atomic E-state index is -4.66. The number of rotatable bonds is 4. The maximum atomic E-state index is 14.6. The molecular weight excluding hydrogens is 482 g/mol. The first kappa shape index (κ1) is 23.1. The molecule has 2 aromatic carbocycles. The van der Waals surface area contributed by atoms with Gasteiger partial charge in [-0.2, -0.15) is 17.9 Å². The van der Waals surface area contributed by atoms with Crippen molar-refractivity contribution in [3.05, 3.63) is 77.0 Å². The van der Waals surface area contributed by atoms with E-state index >= 15 is 0 Å². The lowest BCUT2D eigenvalue weighted by Crippen LogP contribution is -2.15. The van der Waals surface area contributed by atoms with Gasteiger partial charge in [0, 0.05) is 5.56 Å². The van der Waals surface area contributed by atoms with Crippen LogP contribution in [0.15, 0.2) is 53.1 Å². The number of amides is 1. The van der Waals surface area contributed by atoms with Gasteiger partial charge in [0.05, 0.1) is 39.3 Å². The molecule has 9 nitrogen and oxygen atoms in total. The van der Waals surface area contributed by atoms with Gasteiger partial charge in [0.15, 0.2) is 5.82 Å². The Kier molecular flexibility index (Phi) is 5.46. The van der Waals surface area contributed by atoms with Crippen molar-refractivity contribution >= 4 is 22.7 Å². The van der Waals surface area contributed by atoms with E-state index in [9.17, 15) is 22.4 Å². The standard InChI is InChI=1S/C23H15F4N7O2/c1-11-20-15(21(35)28-19-9-13(7-8-17(19)24)34-12(2)30-32-33-34)10-18(29-22(20)36-31-11)14-5-3-4-6-16(14)23(25,26)27/h3-10H,1-2H3,(H,28,35). The van der Waals surface area contributed by atoms with Gasteiger partial charge in [-0.15, -0.1) is 5.10 Å². The summed E-state index contributed by atoms with van der Waals surface area (Å²) in [6.45, 7) is 3.19. The summed E-state index contributed by atoms with van der Waals surface area (Å²) in [6, 6.07) is 9.89. The number of aryl methyl sites for hydroxylation is 2. The molecule has 0 saturated carbocycles. The van der Waals surface area contributed by atoms with Gasteiger partial charge in [-0.1, -0.05) is 23.4 Å². The number of fused-ring (bicyclic) bond motifs is 1. The lowest BCUT2D eigenvalue weighted by Gasteiger charge is -2.14. The zero-order valence-electron chi connectivity index (χ0n) is 18.6. The molecule has 0 aliphatic rings. The average Bonchev–Trinajstić information content (AvgIpc) is 3.44. The van der Waals surface area contributed by atoms with Crippen LogP contribution >= 0.6 is 0 Å². The zero-order valence-corrected chi connectivity index (χ0v) is 18.6. The molecule has 36 heavy (non-hydrogen) atoms. The van der Waals surface area contributed by atoms with Crippen LogP contribution in [0.4, 0.5) is 23.2 Å². The van der Waals surface area contributed by atoms with E-state index in [0.29, 0.717) is 11.5 Å². The van der Waals surface area contributed by atoms with Gasteiger partial charge in [-0.25, -0.2) is 9.37 Å². The van der Waals surface area contributed by atoms with Gasteiger partial charge in [0.25, 0.3) is 11.6 Å². The molecule has 0 spiro atoms. The molecule has 1 amide bonds. The third-order valence-corrected chi connectivity index (χ3v) is 5.44. The van der Waals surface area contributed by atoms with Crippen molar-refractivity contribution < 1.29 is 26.9 Å². The third kappa shape index (κ3) is 4.04. The maximum Gasteiger partial charge on any atom is 0.417 e. The number of benzene rings is 2. The van der Waals surface area contributed by atoms with Crippen molar-refractivity contribution in [2.24, 2.45) is 0 Å². The summed E-state index contributed by atoms with van der Waals surface area (Å²) >= 11 is 0. The molecule has 5 aromatic rings. The number of anilines is 1. The number of nitrogens with one attached hydrogen (secondary N) is 1. The van der Waals surface area contributed by atoms with E-state index < -0.39 is 23.5 Å². The minimum Gasteiger partial charge on any atom is -0.335 e. The third-order valence-electron chi connectivity index (χ3n) is 5.44. The van der Waals surface area contributed by atoms with Crippen LogP contribution in [-0.4, -0.2) is 36.3 Å². The number of carbonyl (C=O) groups is 1. The average molecular weight is 497 g/mol. The summed E-state index contributed by atoms with van der Waals surface area (Å²) < 4.78 is 62.0. The van der Waals surface area contributed by atoms with Crippen LogP contribution in [0.3, 0.4) is 0 Å². The Labute approximate surface area is 199 Å². The van der Waals surface area contributed by atoms with Crippen molar-refractivity contribution in [2.45, 2.75) is 20.0 Å². The van der Waals surface area contributed by atoms with E-state index in [1.807, 2.05) is 0 Å². The molecule has 182 valence electrons. The number of hydrogen-bond acceptors (Lipinski definition) is 7. The number of aromatic nitrogens is 6. The van der Waals surface area contributed by atoms with Gasteiger partial charge < -0.3 is 9.84 Å². The Balaban J connectivity index is 1.61. The largest absolute Gasteiger partial charge is 0.417 e. The Hall–Kier alpha value is -4.68. The van der Waals surface area contributed by atoms with Gasteiger partial charge in [-0.05, 0) is 54.6 Å². The number of halogens is 4. The fraction of sp³-hybridized carbons (Fsp3) is 0.130. The Morgan fingerprint density at radius 3 is 2.58 bits per heavy atom. The number of pyridine rings is 1. The summed E-state index contributed by atoms with van der Waals surface area (Å²) in [6.07, 6.45) is -4.66. The highest BCUT2D eigenvalue weighted by molar-refractivity contribution is 6.13. The predicted molar refractivity (Wildman–Crippen MR) is 119 cm³/mol. The highest BCUT2D eigenvalue weighted by atomic mass is 19.4. The molecule has 0 bridgehead atoms.